The van der Waals surface area contributed by atoms with Crippen LogP contribution in [-0.4, -0.2) is 34.2 Å². The molecule has 0 aliphatic carbocycles. The third kappa shape index (κ3) is 3.67. The lowest BCUT2D eigenvalue weighted by molar-refractivity contribution is -0.122. The van der Waals surface area contributed by atoms with E-state index in [0.717, 1.165) is 24.1 Å². The molecule has 0 radical (unpaired) electrons. The number of rotatable bonds is 6. The molecular weight excluding hydrogens is 324 g/mol. The number of aryl methyl sites for hydroxylation is 1. The molecule has 2 aliphatic rings. The van der Waals surface area contributed by atoms with Crippen molar-refractivity contribution in [3.63, 3.8) is 0 Å². The summed E-state index contributed by atoms with van der Waals surface area (Å²) >= 11 is 1.59. The first kappa shape index (κ1) is 15.8. The molecule has 2 aliphatic heterocycles. The molecule has 2 aromatic heterocycles. The molecule has 0 aromatic carbocycles. The third-order valence-electron chi connectivity index (χ3n) is 4.84. The van der Waals surface area contributed by atoms with Crippen LogP contribution in [0.1, 0.15) is 44.4 Å². The van der Waals surface area contributed by atoms with Crippen molar-refractivity contribution < 1.29 is 9.32 Å². The molecule has 2 saturated heterocycles. The molecule has 24 heavy (non-hydrogen) atoms. The number of hydrogen-bond donors (Lipinski definition) is 2. The molecule has 2 aromatic rings. The number of piperidine rings is 1. The number of carbonyl (C=O) groups is 1. The summed E-state index contributed by atoms with van der Waals surface area (Å²) in [4.78, 5) is 17.5. The zero-order valence-corrected chi connectivity index (χ0v) is 14.3. The average molecular weight is 346 g/mol. The highest BCUT2D eigenvalue weighted by Crippen LogP contribution is 2.27. The first-order chi connectivity index (χ1) is 11.8. The molecular formula is C17H22N4O2S. The Balaban J connectivity index is 1.20. The maximum Gasteiger partial charge on any atom is 0.226 e. The highest BCUT2D eigenvalue weighted by atomic mass is 32.1. The fraction of sp³-hybridized carbons (Fsp3) is 0.588. The van der Waals surface area contributed by atoms with Gasteiger partial charge in [0.2, 0.25) is 17.6 Å². The van der Waals surface area contributed by atoms with Crippen LogP contribution in [0.15, 0.2) is 22.0 Å². The van der Waals surface area contributed by atoms with Crippen LogP contribution in [0, 0.1) is 0 Å². The van der Waals surface area contributed by atoms with Crippen LogP contribution in [0.3, 0.4) is 0 Å². The number of fused-ring (bicyclic) bond motifs is 2. The summed E-state index contributed by atoms with van der Waals surface area (Å²) in [6.07, 6.45) is 6.52. The zero-order chi connectivity index (χ0) is 16.4. The summed E-state index contributed by atoms with van der Waals surface area (Å²) < 4.78 is 5.26. The quantitative estimate of drug-likeness (QED) is 0.840. The SMILES string of the molecule is O=C(CCCc1nc(-c2cccs2)no1)NC1CC2CCC(C1)N2. The minimum absolute atomic E-state index is 0.138. The minimum Gasteiger partial charge on any atom is -0.353 e. The second-order valence-corrected chi connectivity index (χ2v) is 7.66. The lowest BCUT2D eigenvalue weighted by Gasteiger charge is -2.29. The van der Waals surface area contributed by atoms with Gasteiger partial charge in [-0.25, -0.2) is 0 Å². The molecule has 6 nitrogen and oxygen atoms in total. The van der Waals surface area contributed by atoms with Gasteiger partial charge in [0.15, 0.2) is 0 Å². The van der Waals surface area contributed by atoms with Gasteiger partial charge in [-0.3, -0.25) is 4.79 Å². The van der Waals surface area contributed by atoms with E-state index in [1.807, 2.05) is 17.5 Å². The Bertz CT molecular complexity index is 673. The Labute approximate surface area is 145 Å². The molecule has 0 spiro atoms. The number of nitrogens with zero attached hydrogens (tertiary/aromatic N) is 2. The number of carbonyl (C=O) groups excluding carboxylic acids is 1. The van der Waals surface area contributed by atoms with Crippen molar-refractivity contribution in [3.05, 3.63) is 23.4 Å². The smallest absolute Gasteiger partial charge is 0.226 e. The summed E-state index contributed by atoms with van der Waals surface area (Å²) in [7, 11) is 0. The first-order valence-electron chi connectivity index (χ1n) is 8.68. The van der Waals surface area contributed by atoms with E-state index in [1.54, 1.807) is 11.3 Å². The molecule has 128 valence electrons. The van der Waals surface area contributed by atoms with E-state index in [2.05, 4.69) is 20.8 Å². The van der Waals surface area contributed by atoms with Gasteiger partial charge in [-0.1, -0.05) is 11.2 Å². The second-order valence-electron chi connectivity index (χ2n) is 6.72. The predicted molar refractivity (Wildman–Crippen MR) is 91.7 cm³/mol. The molecule has 2 atom stereocenters. The lowest BCUT2D eigenvalue weighted by Crippen LogP contribution is -2.48. The molecule has 2 unspecified atom stereocenters. The average Bonchev–Trinajstić information content (AvgIpc) is 3.28. The van der Waals surface area contributed by atoms with Crippen LogP contribution in [-0.2, 0) is 11.2 Å². The van der Waals surface area contributed by atoms with E-state index >= 15 is 0 Å². The van der Waals surface area contributed by atoms with Crippen LogP contribution in [0.25, 0.3) is 10.7 Å². The van der Waals surface area contributed by atoms with Crippen molar-refractivity contribution in [1.29, 1.82) is 0 Å². The van der Waals surface area contributed by atoms with Crippen LogP contribution in [0.5, 0.6) is 0 Å². The summed E-state index contributed by atoms with van der Waals surface area (Å²) in [5.41, 5.74) is 0. The number of nitrogens with one attached hydrogen (secondary N) is 2. The van der Waals surface area contributed by atoms with Crippen molar-refractivity contribution >= 4 is 17.2 Å². The summed E-state index contributed by atoms with van der Waals surface area (Å²) in [6.45, 7) is 0. The molecule has 7 heteroatoms. The van der Waals surface area contributed by atoms with Gasteiger partial charge in [0, 0.05) is 31.0 Å². The van der Waals surface area contributed by atoms with Crippen molar-refractivity contribution in [3.8, 4) is 10.7 Å². The number of aromatic nitrogens is 2. The van der Waals surface area contributed by atoms with E-state index in [4.69, 9.17) is 4.52 Å². The summed E-state index contributed by atoms with van der Waals surface area (Å²) in [5, 5.41) is 12.8. The van der Waals surface area contributed by atoms with Crippen LogP contribution in [0.2, 0.25) is 0 Å². The normalized spacial score (nSPS) is 25.8. The standard InChI is InChI=1S/C17H22N4O2S/c22-15(19-13-9-11-6-7-12(10-13)18-11)4-1-5-16-20-17(21-23-16)14-3-2-8-24-14/h2-3,8,11-13,18H,1,4-7,9-10H2,(H,19,22). The Hall–Kier alpha value is -1.73. The summed E-state index contributed by atoms with van der Waals surface area (Å²) in [5.74, 6) is 1.38. The Morgan fingerprint density at radius 1 is 1.38 bits per heavy atom. The monoisotopic (exact) mass is 346 g/mol. The molecule has 4 rings (SSSR count). The lowest BCUT2D eigenvalue weighted by atomic mass is 9.99. The molecule has 2 N–H and O–H groups in total. The van der Waals surface area contributed by atoms with Gasteiger partial charge in [0.05, 0.1) is 4.88 Å². The Kier molecular flexibility index (Phi) is 4.62. The number of thiophene rings is 1. The van der Waals surface area contributed by atoms with Gasteiger partial charge >= 0.3 is 0 Å². The number of amides is 1. The second kappa shape index (κ2) is 7.03. The van der Waals surface area contributed by atoms with Crippen molar-refractivity contribution in [2.45, 2.75) is 63.1 Å². The van der Waals surface area contributed by atoms with Gasteiger partial charge < -0.3 is 15.2 Å². The fourth-order valence-electron chi connectivity index (χ4n) is 3.74. The van der Waals surface area contributed by atoms with Crippen LogP contribution in [0.4, 0.5) is 0 Å². The van der Waals surface area contributed by atoms with E-state index in [-0.39, 0.29) is 5.91 Å². The van der Waals surface area contributed by atoms with E-state index in [9.17, 15) is 4.79 Å². The maximum absolute atomic E-state index is 12.1. The molecule has 1 amide bonds. The number of hydrogen-bond acceptors (Lipinski definition) is 6. The predicted octanol–water partition coefficient (Wildman–Crippen LogP) is 2.52. The first-order valence-corrected chi connectivity index (χ1v) is 9.56. The Morgan fingerprint density at radius 2 is 2.21 bits per heavy atom. The Morgan fingerprint density at radius 3 is 2.96 bits per heavy atom. The van der Waals surface area contributed by atoms with Gasteiger partial charge in [-0.2, -0.15) is 4.98 Å². The fourth-order valence-corrected chi connectivity index (χ4v) is 4.39. The van der Waals surface area contributed by atoms with Crippen LogP contribution >= 0.6 is 11.3 Å². The van der Waals surface area contributed by atoms with Gasteiger partial charge in [-0.15, -0.1) is 11.3 Å². The van der Waals surface area contributed by atoms with Gasteiger partial charge in [0.25, 0.3) is 0 Å². The molecule has 2 fully saturated rings. The maximum atomic E-state index is 12.1. The van der Waals surface area contributed by atoms with Crippen molar-refractivity contribution in [1.82, 2.24) is 20.8 Å². The highest BCUT2D eigenvalue weighted by molar-refractivity contribution is 7.13. The molecule has 0 saturated carbocycles. The summed E-state index contributed by atoms with van der Waals surface area (Å²) in [6, 6.07) is 5.48. The van der Waals surface area contributed by atoms with E-state index in [1.165, 1.54) is 12.8 Å². The third-order valence-corrected chi connectivity index (χ3v) is 5.71. The largest absolute Gasteiger partial charge is 0.353 e. The molecule has 2 bridgehead atoms. The van der Waals surface area contributed by atoms with E-state index < -0.39 is 0 Å². The topological polar surface area (TPSA) is 80.0 Å². The highest BCUT2D eigenvalue weighted by Gasteiger charge is 2.33. The molecule has 4 heterocycles. The minimum atomic E-state index is 0.138. The van der Waals surface area contributed by atoms with Gasteiger partial charge in [-0.05, 0) is 43.6 Å². The zero-order valence-electron chi connectivity index (χ0n) is 13.5. The van der Waals surface area contributed by atoms with Crippen molar-refractivity contribution in [2.24, 2.45) is 0 Å². The van der Waals surface area contributed by atoms with E-state index in [0.29, 0.717) is 42.7 Å². The van der Waals surface area contributed by atoms with Crippen LogP contribution < -0.4 is 10.6 Å². The van der Waals surface area contributed by atoms with Gasteiger partial charge in [0.1, 0.15) is 0 Å². The van der Waals surface area contributed by atoms with Crippen molar-refractivity contribution in [2.75, 3.05) is 0 Å².